The molecular weight excluding hydrogens is 748 g/mol. The zero-order chi connectivity index (χ0) is 39.9. The van der Waals surface area contributed by atoms with Crippen LogP contribution >= 0.6 is 0 Å². The number of rotatable bonds is 6. The number of ether oxygens (including phenoxy) is 1. The summed E-state index contributed by atoms with van der Waals surface area (Å²) in [5.74, 6) is 0.819. The number of nitrogens with one attached hydrogen (secondary N) is 2. The fourth-order valence-electron chi connectivity index (χ4n) is 7.65. The van der Waals surface area contributed by atoms with Gasteiger partial charge in [0.2, 0.25) is 0 Å². The van der Waals surface area contributed by atoms with Crippen molar-refractivity contribution in [2.45, 2.75) is 58.3 Å². The Morgan fingerprint density at radius 2 is 1.17 bits per heavy atom. The topological polar surface area (TPSA) is 158 Å². The van der Waals surface area contributed by atoms with Crippen molar-refractivity contribution in [3.8, 4) is 28.1 Å². The molecule has 8 heterocycles. The largest absolute Gasteiger partial charge is 0.490 e. The van der Waals surface area contributed by atoms with Gasteiger partial charge in [-0.1, -0.05) is 0 Å². The van der Waals surface area contributed by atoms with Gasteiger partial charge in [-0.05, 0) is 109 Å². The van der Waals surface area contributed by atoms with Gasteiger partial charge in [-0.3, -0.25) is 0 Å². The number of imidazole rings is 2. The van der Waals surface area contributed by atoms with Crippen molar-refractivity contribution in [1.82, 2.24) is 65.0 Å². The summed E-state index contributed by atoms with van der Waals surface area (Å²) in [6.45, 7) is 9.71. The Labute approximate surface area is 330 Å². The van der Waals surface area contributed by atoms with E-state index in [0.717, 1.165) is 57.6 Å². The lowest BCUT2D eigenvalue weighted by Crippen LogP contribution is -2.27. The molecule has 0 amide bonds. The second kappa shape index (κ2) is 15.6. The highest BCUT2D eigenvalue weighted by Crippen LogP contribution is 2.31. The fourth-order valence-corrected chi connectivity index (χ4v) is 7.65. The Morgan fingerprint density at radius 1 is 0.621 bits per heavy atom. The van der Waals surface area contributed by atoms with Crippen LogP contribution in [0.1, 0.15) is 67.5 Å². The number of aryl methyl sites for hydroxylation is 2. The van der Waals surface area contributed by atoms with Crippen molar-refractivity contribution in [3.05, 3.63) is 95.5 Å². The average molecular weight is 788 g/mol. The van der Waals surface area contributed by atoms with Crippen LogP contribution in [0.25, 0.3) is 55.7 Å². The zero-order valence-corrected chi connectivity index (χ0v) is 32.2. The molecule has 0 radical (unpaired) electrons. The molecule has 2 saturated heterocycles. The van der Waals surface area contributed by atoms with Crippen molar-refractivity contribution in [1.29, 1.82) is 0 Å². The minimum atomic E-state index is -0.486. The first kappa shape index (κ1) is 37.4. The number of hydrogen-bond donors (Lipinski definition) is 2. The number of halogens is 3. The molecule has 2 aliphatic rings. The molecule has 2 fully saturated rings. The molecule has 0 unspecified atom stereocenters. The Morgan fingerprint density at radius 3 is 1.79 bits per heavy atom. The lowest BCUT2D eigenvalue weighted by atomic mass is 9.97. The molecule has 0 aliphatic carbocycles. The smallest absolute Gasteiger partial charge is 0.196 e. The Balaban J connectivity index is 0.000000151. The molecule has 296 valence electrons. The van der Waals surface area contributed by atoms with E-state index in [9.17, 15) is 8.78 Å². The predicted molar refractivity (Wildman–Crippen MR) is 211 cm³/mol. The Bertz CT molecular complexity index is 2810. The number of fused-ring (bicyclic) bond motifs is 4. The van der Waals surface area contributed by atoms with Crippen LogP contribution in [-0.4, -0.2) is 87.1 Å². The summed E-state index contributed by atoms with van der Waals surface area (Å²) < 4.78 is 53.3. The summed E-state index contributed by atoms with van der Waals surface area (Å²) in [5, 5.41) is 28.2. The van der Waals surface area contributed by atoms with Gasteiger partial charge >= 0.3 is 0 Å². The summed E-state index contributed by atoms with van der Waals surface area (Å²) in [6, 6.07) is 9.39. The van der Waals surface area contributed by atoms with Crippen molar-refractivity contribution in [2.75, 3.05) is 32.8 Å². The average Bonchev–Trinajstić information content (AvgIpc) is 3.82. The summed E-state index contributed by atoms with van der Waals surface area (Å²) >= 11 is 0. The highest BCUT2D eigenvalue weighted by molar-refractivity contribution is 5.82. The van der Waals surface area contributed by atoms with E-state index in [4.69, 9.17) is 4.74 Å². The van der Waals surface area contributed by atoms with Gasteiger partial charge in [0.25, 0.3) is 0 Å². The van der Waals surface area contributed by atoms with Crippen LogP contribution in [-0.2, 0) is 0 Å². The molecule has 17 heteroatoms. The van der Waals surface area contributed by atoms with Gasteiger partial charge in [0, 0.05) is 41.4 Å². The number of benzene rings is 2. The van der Waals surface area contributed by atoms with Crippen molar-refractivity contribution in [3.63, 3.8) is 0 Å². The van der Waals surface area contributed by atoms with Crippen LogP contribution in [0.15, 0.2) is 55.0 Å². The van der Waals surface area contributed by atoms with E-state index >= 15 is 4.39 Å². The summed E-state index contributed by atoms with van der Waals surface area (Å²) in [6.07, 6.45) is 8.95. The van der Waals surface area contributed by atoms with Gasteiger partial charge in [0.15, 0.2) is 46.1 Å². The normalized spacial score (nSPS) is 15.3. The fraction of sp³-hybridized carbons (Fsp3) is 0.341. The standard InChI is InChI=1S/C21H22FN7O.C20H18F2N6/c1-3-30-18-10-16(28-29-11-12(2)24-21(18)29)14-8-15(22)19-17(9-14)26-27-20(25-19)13-4-6-23-7-5-13;1-11-9-28-10-14(7-16(22)20(28)24-11)13-6-15(21)18-17(8-13)26-27-19(25-18)12-2-4-23-5-3-12/h8-11,13,23H,3-7H2,1-2H3;6-10,12,23H,2-5H2,1H3. The van der Waals surface area contributed by atoms with E-state index in [1.165, 1.54) is 18.2 Å². The first-order valence-electron chi connectivity index (χ1n) is 19.5. The highest BCUT2D eigenvalue weighted by atomic mass is 19.1. The van der Waals surface area contributed by atoms with Gasteiger partial charge < -0.3 is 19.8 Å². The minimum Gasteiger partial charge on any atom is -0.490 e. The Hall–Kier alpha value is -6.20. The quantitative estimate of drug-likeness (QED) is 0.190. The van der Waals surface area contributed by atoms with Gasteiger partial charge in [0.05, 0.1) is 29.9 Å². The SMILES string of the molecule is CCOc1cc(-c2cc(F)c3nc(C4CCNCC4)nnc3c2)nn2cc(C)nc12.Cc1cn2cc(-c3cc(F)c4nc(C5CCNCC5)nnc4c3)cc(F)c2n1. The monoisotopic (exact) mass is 787 g/mol. The molecule has 0 atom stereocenters. The zero-order valence-electron chi connectivity index (χ0n) is 32.2. The third-order valence-electron chi connectivity index (χ3n) is 10.5. The molecule has 2 aliphatic heterocycles. The first-order valence-corrected chi connectivity index (χ1v) is 19.5. The van der Waals surface area contributed by atoms with E-state index < -0.39 is 17.5 Å². The van der Waals surface area contributed by atoms with Crippen LogP contribution < -0.4 is 15.4 Å². The van der Waals surface area contributed by atoms with Crippen LogP contribution in [0, 0.1) is 31.3 Å². The van der Waals surface area contributed by atoms with Gasteiger partial charge in [-0.15, -0.1) is 20.4 Å². The second-order valence-electron chi connectivity index (χ2n) is 14.7. The molecule has 2 aromatic carbocycles. The number of nitrogens with zero attached hydrogens (tertiary/aromatic N) is 11. The molecule has 6 aromatic heterocycles. The second-order valence-corrected chi connectivity index (χ2v) is 14.7. The Kier molecular flexibility index (Phi) is 10.1. The third kappa shape index (κ3) is 7.38. The highest BCUT2D eigenvalue weighted by Gasteiger charge is 2.22. The van der Waals surface area contributed by atoms with E-state index in [1.54, 1.807) is 46.4 Å². The number of piperidine rings is 2. The van der Waals surface area contributed by atoms with Gasteiger partial charge in [-0.25, -0.2) is 37.6 Å². The van der Waals surface area contributed by atoms with Crippen LogP contribution in [0.5, 0.6) is 5.75 Å². The van der Waals surface area contributed by atoms with E-state index in [-0.39, 0.29) is 28.5 Å². The predicted octanol–water partition coefficient (Wildman–Crippen LogP) is 6.44. The van der Waals surface area contributed by atoms with Gasteiger partial charge in [0.1, 0.15) is 22.1 Å². The van der Waals surface area contributed by atoms with Crippen LogP contribution in [0.2, 0.25) is 0 Å². The van der Waals surface area contributed by atoms with E-state index in [0.29, 0.717) is 68.8 Å². The summed E-state index contributed by atoms with van der Waals surface area (Å²) in [4.78, 5) is 17.5. The lowest BCUT2D eigenvalue weighted by Gasteiger charge is -2.20. The number of pyridine rings is 1. The van der Waals surface area contributed by atoms with Crippen molar-refractivity contribution < 1.29 is 17.9 Å². The third-order valence-corrected chi connectivity index (χ3v) is 10.5. The van der Waals surface area contributed by atoms with Crippen molar-refractivity contribution in [2.24, 2.45) is 0 Å². The van der Waals surface area contributed by atoms with E-state index in [2.05, 4.69) is 56.1 Å². The molecule has 14 nitrogen and oxygen atoms in total. The number of aromatic nitrogens is 11. The maximum atomic E-state index is 15.0. The molecule has 58 heavy (non-hydrogen) atoms. The number of hydrogen-bond acceptors (Lipinski definition) is 12. The summed E-state index contributed by atoms with van der Waals surface area (Å²) in [7, 11) is 0. The lowest BCUT2D eigenvalue weighted by molar-refractivity contribution is 0.341. The molecule has 0 bridgehead atoms. The van der Waals surface area contributed by atoms with Crippen LogP contribution in [0.3, 0.4) is 0 Å². The van der Waals surface area contributed by atoms with Crippen LogP contribution in [0.4, 0.5) is 13.2 Å². The minimum absolute atomic E-state index is 0.193. The molecule has 0 saturated carbocycles. The van der Waals surface area contributed by atoms with Crippen molar-refractivity contribution >= 4 is 33.4 Å². The molecule has 10 rings (SSSR count). The maximum Gasteiger partial charge on any atom is 0.196 e. The molecule has 0 spiro atoms. The van der Waals surface area contributed by atoms with E-state index in [1.807, 2.05) is 20.0 Å². The molecular formula is C41H40F3N13O. The molecule has 8 aromatic rings. The molecule has 2 N–H and O–H groups in total. The summed E-state index contributed by atoms with van der Waals surface area (Å²) in [5.41, 5.74) is 5.82. The maximum absolute atomic E-state index is 15.0. The first-order chi connectivity index (χ1) is 28.2. The van der Waals surface area contributed by atoms with Gasteiger partial charge in [-0.2, -0.15) is 5.10 Å².